The van der Waals surface area contributed by atoms with Crippen molar-refractivity contribution in [3.63, 3.8) is 0 Å². The molecule has 2 amide bonds. The van der Waals surface area contributed by atoms with Gasteiger partial charge in [0.05, 0.1) is 5.56 Å². The lowest BCUT2D eigenvalue weighted by Gasteiger charge is -2.23. The molecule has 0 spiro atoms. The Hall–Kier alpha value is -2.41. The smallest absolute Gasteiger partial charge is 0.269 e. The summed E-state index contributed by atoms with van der Waals surface area (Å²) in [6, 6.07) is 5.61. The van der Waals surface area contributed by atoms with Crippen molar-refractivity contribution in [2.75, 3.05) is 37.6 Å². The van der Waals surface area contributed by atoms with E-state index in [1.165, 1.54) is 0 Å². The van der Waals surface area contributed by atoms with Crippen LogP contribution in [0.5, 0.6) is 0 Å². The highest BCUT2D eigenvalue weighted by Gasteiger charge is 2.21. The van der Waals surface area contributed by atoms with Crippen molar-refractivity contribution in [2.24, 2.45) is 0 Å². The fourth-order valence-corrected chi connectivity index (χ4v) is 3.57. The number of carbonyl (C=O) groups excluding carboxylic acids is 2. The van der Waals surface area contributed by atoms with E-state index >= 15 is 0 Å². The van der Waals surface area contributed by atoms with Gasteiger partial charge in [0.2, 0.25) is 0 Å². The Morgan fingerprint density at radius 1 is 1.24 bits per heavy atom. The number of rotatable bonds is 4. The monoisotopic (exact) mass is 358 g/mol. The van der Waals surface area contributed by atoms with E-state index in [0.29, 0.717) is 18.8 Å². The molecule has 0 bridgehead atoms. The van der Waals surface area contributed by atoms with Gasteiger partial charge in [0.1, 0.15) is 5.69 Å². The van der Waals surface area contributed by atoms with Gasteiger partial charge < -0.3 is 15.1 Å². The van der Waals surface area contributed by atoms with Crippen LogP contribution in [-0.4, -0.2) is 54.4 Å². The van der Waals surface area contributed by atoms with Crippen molar-refractivity contribution < 1.29 is 9.59 Å². The first kappa shape index (κ1) is 17.4. The van der Waals surface area contributed by atoms with Crippen LogP contribution in [0.15, 0.2) is 35.2 Å². The Morgan fingerprint density at radius 3 is 2.88 bits per heavy atom. The van der Waals surface area contributed by atoms with Crippen molar-refractivity contribution in [3.05, 3.63) is 46.4 Å². The molecule has 0 unspecified atom stereocenters. The van der Waals surface area contributed by atoms with Crippen LogP contribution in [0.1, 0.15) is 34.2 Å². The Labute approximate surface area is 151 Å². The number of thiophene rings is 1. The average molecular weight is 358 g/mol. The summed E-state index contributed by atoms with van der Waals surface area (Å²) in [5, 5.41) is 6.59. The fourth-order valence-electron chi connectivity index (χ4n) is 2.94. The number of amides is 2. The molecule has 1 N–H and O–H groups in total. The molecule has 0 aliphatic carbocycles. The van der Waals surface area contributed by atoms with E-state index < -0.39 is 0 Å². The van der Waals surface area contributed by atoms with Crippen LogP contribution in [0.25, 0.3) is 0 Å². The summed E-state index contributed by atoms with van der Waals surface area (Å²) >= 11 is 1.54. The Balaban J connectivity index is 1.68. The third kappa shape index (κ3) is 4.17. The molecule has 7 heteroatoms. The predicted molar refractivity (Wildman–Crippen MR) is 99.3 cm³/mol. The van der Waals surface area contributed by atoms with Crippen LogP contribution in [0.4, 0.5) is 5.69 Å². The van der Waals surface area contributed by atoms with Crippen molar-refractivity contribution in [3.8, 4) is 0 Å². The van der Waals surface area contributed by atoms with Gasteiger partial charge in [-0.15, -0.1) is 0 Å². The number of carbonyl (C=O) groups is 2. The summed E-state index contributed by atoms with van der Waals surface area (Å²) < 4.78 is 0. The first-order valence-corrected chi connectivity index (χ1v) is 9.44. The molecule has 1 aliphatic heterocycles. The van der Waals surface area contributed by atoms with Gasteiger partial charge in [-0.25, -0.2) is 0 Å². The van der Waals surface area contributed by atoms with E-state index in [4.69, 9.17) is 0 Å². The summed E-state index contributed by atoms with van der Waals surface area (Å²) in [6.07, 6.45) is 2.56. The highest BCUT2D eigenvalue weighted by molar-refractivity contribution is 7.08. The molecule has 1 saturated heterocycles. The number of aromatic nitrogens is 1. The maximum absolute atomic E-state index is 12.5. The van der Waals surface area contributed by atoms with E-state index in [1.54, 1.807) is 17.5 Å². The van der Waals surface area contributed by atoms with Gasteiger partial charge in [-0.3, -0.25) is 14.6 Å². The molecular formula is C18H22N4O2S. The number of hydrogen-bond donors (Lipinski definition) is 1. The standard InChI is InChI=1S/C18H22N4O2S/c1-2-19-17(23)16-12-15(4-6-20-16)21-7-3-8-22(10-9-21)18(24)14-5-11-25-13-14/h4-6,11-13H,2-3,7-10H2,1H3,(H,19,23). The summed E-state index contributed by atoms with van der Waals surface area (Å²) in [5.41, 5.74) is 2.16. The maximum Gasteiger partial charge on any atom is 0.269 e. The van der Waals surface area contributed by atoms with E-state index in [0.717, 1.165) is 37.3 Å². The molecule has 1 fully saturated rings. The summed E-state index contributed by atoms with van der Waals surface area (Å²) in [4.78, 5) is 32.8. The van der Waals surface area contributed by atoms with Crippen LogP contribution in [0.2, 0.25) is 0 Å². The summed E-state index contributed by atoms with van der Waals surface area (Å²) in [7, 11) is 0. The van der Waals surface area contributed by atoms with Crippen molar-refractivity contribution in [1.82, 2.24) is 15.2 Å². The quantitative estimate of drug-likeness (QED) is 0.910. The largest absolute Gasteiger partial charge is 0.370 e. The second-order valence-corrected chi connectivity index (χ2v) is 6.68. The van der Waals surface area contributed by atoms with Gasteiger partial charge in [0.25, 0.3) is 11.8 Å². The molecule has 0 radical (unpaired) electrons. The molecule has 2 aromatic heterocycles. The maximum atomic E-state index is 12.5. The van der Waals surface area contributed by atoms with Gasteiger partial charge in [0, 0.05) is 50.0 Å². The molecule has 3 heterocycles. The van der Waals surface area contributed by atoms with Crippen LogP contribution < -0.4 is 10.2 Å². The van der Waals surface area contributed by atoms with Gasteiger partial charge >= 0.3 is 0 Å². The number of nitrogens with zero attached hydrogens (tertiary/aromatic N) is 3. The number of pyridine rings is 1. The third-order valence-electron chi connectivity index (χ3n) is 4.23. The van der Waals surface area contributed by atoms with Crippen LogP contribution in [0, 0.1) is 0 Å². The zero-order valence-corrected chi connectivity index (χ0v) is 15.1. The number of hydrogen-bond acceptors (Lipinski definition) is 5. The lowest BCUT2D eigenvalue weighted by Crippen LogP contribution is -2.35. The molecule has 25 heavy (non-hydrogen) atoms. The molecular weight excluding hydrogens is 336 g/mol. The van der Waals surface area contributed by atoms with Crippen molar-refractivity contribution >= 4 is 28.8 Å². The molecule has 6 nitrogen and oxygen atoms in total. The molecule has 0 saturated carbocycles. The van der Waals surface area contributed by atoms with Crippen LogP contribution >= 0.6 is 11.3 Å². The Kier molecular flexibility index (Phi) is 5.65. The molecule has 2 aromatic rings. The number of anilines is 1. The van der Waals surface area contributed by atoms with E-state index in [-0.39, 0.29) is 11.8 Å². The SMILES string of the molecule is CCNC(=O)c1cc(N2CCCN(C(=O)c3ccsc3)CC2)ccn1. The second kappa shape index (κ2) is 8.11. The minimum atomic E-state index is -0.159. The molecule has 0 atom stereocenters. The average Bonchev–Trinajstić information content (AvgIpc) is 3.06. The van der Waals surface area contributed by atoms with E-state index in [2.05, 4.69) is 15.2 Å². The summed E-state index contributed by atoms with van der Waals surface area (Å²) in [6.45, 7) is 5.48. The predicted octanol–water partition coefficient (Wildman–Crippen LogP) is 2.25. The van der Waals surface area contributed by atoms with E-state index in [9.17, 15) is 9.59 Å². The topological polar surface area (TPSA) is 65.5 Å². The van der Waals surface area contributed by atoms with Gasteiger partial charge in [-0.1, -0.05) is 0 Å². The first-order valence-electron chi connectivity index (χ1n) is 8.49. The summed E-state index contributed by atoms with van der Waals surface area (Å²) in [5.74, 6) is -0.0609. The van der Waals surface area contributed by atoms with Gasteiger partial charge in [-0.2, -0.15) is 11.3 Å². The Bertz CT molecular complexity index is 732. The minimum absolute atomic E-state index is 0.0980. The van der Waals surface area contributed by atoms with Gasteiger partial charge in [0.15, 0.2) is 0 Å². The molecule has 1 aliphatic rings. The number of nitrogens with one attached hydrogen (secondary N) is 1. The zero-order valence-electron chi connectivity index (χ0n) is 14.3. The lowest BCUT2D eigenvalue weighted by molar-refractivity contribution is 0.0767. The fraction of sp³-hybridized carbons (Fsp3) is 0.389. The van der Waals surface area contributed by atoms with Gasteiger partial charge in [-0.05, 0) is 36.9 Å². The second-order valence-electron chi connectivity index (χ2n) is 5.90. The molecule has 3 rings (SSSR count). The van der Waals surface area contributed by atoms with E-state index in [1.807, 2.05) is 40.8 Å². The van der Waals surface area contributed by atoms with Crippen molar-refractivity contribution in [1.29, 1.82) is 0 Å². The molecule has 132 valence electrons. The molecule has 0 aromatic carbocycles. The first-order chi connectivity index (χ1) is 12.2. The highest BCUT2D eigenvalue weighted by Crippen LogP contribution is 2.18. The van der Waals surface area contributed by atoms with Crippen molar-refractivity contribution in [2.45, 2.75) is 13.3 Å². The zero-order chi connectivity index (χ0) is 17.6. The van der Waals surface area contributed by atoms with Crippen LogP contribution in [-0.2, 0) is 0 Å². The minimum Gasteiger partial charge on any atom is -0.370 e. The Morgan fingerprint density at radius 2 is 2.12 bits per heavy atom. The van der Waals surface area contributed by atoms with Crippen LogP contribution in [0.3, 0.4) is 0 Å². The lowest BCUT2D eigenvalue weighted by atomic mass is 10.2. The highest BCUT2D eigenvalue weighted by atomic mass is 32.1. The normalized spacial score (nSPS) is 14.9. The third-order valence-corrected chi connectivity index (χ3v) is 4.91.